The minimum atomic E-state index is -2.58. The summed E-state index contributed by atoms with van der Waals surface area (Å²) in [5, 5.41) is 16.9. The van der Waals surface area contributed by atoms with Crippen LogP contribution in [0.4, 0.5) is 0 Å². The lowest BCUT2D eigenvalue weighted by molar-refractivity contribution is 0.392. The van der Waals surface area contributed by atoms with Crippen LogP contribution in [0.1, 0.15) is 4.11 Å². The summed E-state index contributed by atoms with van der Waals surface area (Å²) in [5.74, 6) is -0.0407. The minimum absolute atomic E-state index is 0.0744. The van der Waals surface area contributed by atoms with Crippen LogP contribution >= 0.6 is 0 Å². The van der Waals surface area contributed by atoms with Gasteiger partial charge in [0.2, 0.25) is 5.88 Å². The number of methoxy groups -OCH3 is 1. The molecule has 1 heterocycles. The number of phenols is 1. The maximum atomic E-state index is 9.69. The molecule has 15 heavy (non-hydrogen) atoms. The van der Waals surface area contributed by atoms with E-state index >= 15 is 0 Å². The Bertz CT molecular complexity index is 558. The Hall–Kier alpha value is -2.10. The molecule has 0 aliphatic carbocycles. The topological polar surface area (TPSA) is 55.2 Å². The van der Waals surface area contributed by atoms with Crippen molar-refractivity contribution in [1.82, 2.24) is 10.2 Å². The third-order valence-corrected chi connectivity index (χ3v) is 1.95. The van der Waals surface area contributed by atoms with Crippen molar-refractivity contribution in [1.29, 1.82) is 0 Å². The zero-order chi connectivity index (χ0) is 13.2. The first-order valence-corrected chi connectivity index (χ1v) is 4.26. The zero-order valence-corrected chi connectivity index (χ0v) is 7.71. The summed E-state index contributed by atoms with van der Waals surface area (Å²) in [5.41, 5.74) is 1.06. The van der Waals surface area contributed by atoms with Crippen molar-refractivity contribution < 1.29 is 14.0 Å². The molecule has 0 bridgehead atoms. The second-order valence-electron chi connectivity index (χ2n) is 2.90. The van der Waals surface area contributed by atoms with Crippen molar-refractivity contribution >= 4 is 0 Å². The first kappa shape index (κ1) is 6.40. The average molecular weight is 205 g/mol. The van der Waals surface area contributed by atoms with Crippen molar-refractivity contribution in [3.05, 3.63) is 36.5 Å². The molecule has 0 saturated heterocycles. The quantitative estimate of drug-likeness (QED) is 0.813. The van der Waals surface area contributed by atoms with Gasteiger partial charge >= 0.3 is 0 Å². The lowest BCUT2D eigenvalue weighted by atomic mass is 10.1. The first-order valence-electron chi connectivity index (χ1n) is 5.76. The number of ether oxygens (including phenoxy) is 1. The van der Waals surface area contributed by atoms with Gasteiger partial charge in [0.05, 0.1) is 17.3 Å². The number of rotatable bonds is 2. The van der Waals surface area contributed by atoms with Gasteiger partial charge in [-0.3, -0.25) is 0 Å². The van der Waals surface area contributed by atoms with Gasteiger partial charge < -0.3 is 9.84 Å². The lowest BCUT2D eigenvalue weighted by Crippen LogP contribution is -1.90. The fourth-order valence-electron chi connectivity index (χ4n) is 1.26. The van der Waals surface area contributed by atoms with Crippen LogP contribution in [0, 0.1) is 0 Å². The second-order valence-corrected chi connectivity index (χ2v) is 2.90. The van der Waals surface area contributed by atoms with Crippen LogP contribution in [-0.4, -0.2) is 22.3 Å². The van der Waals surface area contributed by atoms with Crippen molar-refractivity contribution in [3.63, 3.8) is 0 Å². The molecular formula is C11H10N2O2. The van der Waals surface area contributed by atoms with E-state index in [0.717, 1.165) is 0 Å². The molecule has 2 aromatic rings. The van der Waals surface area contributed by atoms with Gasteiger partial charge in [0, 0.05) is 17.2 Å². The molecule has 0 fully saturated rings. The summed E-state index contributed by atoms with van der Waals surface area (Å²) in [4.78, 5) is 0. The third-order valence-electron chi connectivity index (χ3n) is 1.95. The number of nitrogens with zero attached hydrogens (tertiary/aromatic N) is 2. The molecule has 4 heteroatoms. The molecule has 0 unspecified atom stereocenters. The largest absolute Gasteiger partial charge is 0.507 e. The molecule has 2 rings (SSSR count). The molecule has 1 N–H and O–H groups in total. The molecule has 0 aliphatic heterocycles. The van der Waals surface area contributed by atoms with Gasteiger partial charge in [-0.25, -0.2) is 0 Å². The molecule has 0 aliphatic rings. The number of benzene rings is 1. The first-order chi connectivity index (χ1) is 8.46. The lowest BCUT2D eigenvalue weighted by Gasteiger charge is -2.04. The zero-order valence-electron chi connectivity index (χ0n) is 10.7. The highest BCUT2D eigenvalue weighted by Crippen LogP contribution is 2.28. The third kappa shape index (κ3) is 1.88. The molecule has 1 aromatic heterocycles. The van der Waals surface area contributed by atoms with E-state index in [1.165, 1.54) is 18.3 Å². The van der Waals surface area contributed by atoms with Crippen molar-refractivity contribution in [3.8, 4) is 22.8 Å². The van der Waals surface area contributed by atoms with Gasteiger partial charge in [-0.15, -0.1) is 5.10 Å². The van der Waals surface area contributed by atoms with E-state index in [1.54, 1.807) is 18.2 Å². The Morgan fingerprint density at radius 1 is 1.40 bits per heavy atom. The molecular weight excluding hydrogens is 192 g/mol. The van der Waals surface area contributed by atoms with Crippen LogP contribution in [0.3, 0.4) is 0 Å². The predicted molar refractivity (Wildman–Crippen MR) is 55.7 cm³/mol. The summed E-state index contributed by atoms with van der Waals surface area (Å²) in [6.07, 6.45) is 1.42. The van der Waals surface area contributed by atoms with Gasteiger partial charge in [0.25, 0.3) is 0 Å². The van der Waals surface area contributed by atoms with Crippen molar-refractivity contribution in [2.24, 2.45) is 0 Å². The fraction of sp³-hybridized carbons (Fsp3) is 0.0909. The highest BCUT2D eigenvalue weighted by molar-refractivity contribution is 5.69. The van der Waals surface area contributed by atoms with Gasteiger partial charge in [0.1, 0.15) is 5.75 Å². The van der Waals surface area contributed by atoms with Gasteiger partial charge in [-0.2, -0.15) is 5.10 Å². The van der Waals surface area contributed by atoms with E-state index in [9.17, 15) is 5.11 Å². The van der Waals surface area contributed by atoms with Gasteiger partial charge in [-0.1, -0.05) is 18.2 Å². The molecule has 1 aromatic carbocycles. The van der Waals surface area contributed by atoms with Crippen LogP contribution in [-0.2, 0) is 0 Å². The second kappa shape index (κ2) is 3.96. The molecule has 0 amide bonds. The molecule has 0 spiro atoms. The number of aromatic nitrogens is 2. The average Bonchev–Trinajstić information content (AvgIpc) is 2.27. The number of hydrogen-bond donors (Lipinski definition) is 1. The number of para-hydroxylation sites is 1. The Balaban J connectivity index is 2.36. The SMILES string of the molecule is [2H]C([2H])([2H])Oc1cc(-c2ccccc2O)cnn1. The monoisotopic (exact) mass is 205 g/mol. The standard InChI is InChI=1S/C11H10N2O2/c1-15-11-6-8(7-12-13-11)9-4-2-3-5-10(9)14/h2-7,14H,1H3/i1D3. The molecule has 0 saturated carbocycles. The van der Waals surface area contributed by atoms with Crippen molar-refractivity contribution in [2.45, 2.75) is 0 Å². The van der Waals surface area contributed by atoms with E-state index in [1.807, 2.05) is 0 Å². The Morgan fingerprint density at radius 2 is 2.27 bits per heavy atom. The highest BCUT2D eigenvalue weighted by atomic mass is 16.5. The summed E-state index contributed by atoms with van der Waals surface area (Å²) in [6, 6.07) is 8.06. The smallest absolute Gasteiger partial charge is 0.233 e. The summed E-state index contributed by atoms with van der Waals surface area (Å²) < 4.78 is 25.6. The summed E-state index contributed by atoms with van der Waals surface area (Å²) in [6.45, 7) is 0. The van der Waals surface area contributed by atoms with E-state index in [4.69, 9.17) is 4.11 Å². The van der Waals surface area contributed by atoms with Gasteiger partial charge in [-0.05, 0) is 6.07 Å². The van der Waals surface area contributed by atoms with Crippen LogP contribution in [0.25, 0.3) is 11.1 Å². The van der Waals surface area contributed by atoms with E-state index < -0.39 is 7.04 Å². The van der Waals surface area contributed by atoms with E-state index in [2.05, 4.69) is 14.9 Å². The molecule has 0 radical (unpaired) electrons. The predicted octanol–water partition coefficient (Wildman–Crippen LogP) is 1.86. The Labute approximate surface area is 91.4 Å². The van der Waals surface area contributed by atoms with Crippen LogP contribution in [0.15, 0.2) is 36.5 Å². The fourth-order valence-corrected chi connectivity index (χ4v) is 1.26. The molecule has 4 nitrogen and oxygen atoms in total. The number of phenolic OH excluding ortho intramolecular Hbond substituents is 1. The van der Waals surface area contributed by atoms with Crippen LogP contribution in [0.5, 0.6) is 11.6 Å². The van der Waals surface area contributed by atoms with Crippen LogP contribution < -0.4 is 4.74 Å². The minimum Gasteiger partial charge on any atom is -0.507 e. The summed E-state index contributed by atoms with van der Waals surface area (Å²) >= 11 is 0. The maximum absolute atomic E-state index is 9.69. The summed E-state index contributed by atoms with van der Waals surface area (Å²) in [7, 11) is -2.58. The van der Waals surface area contributed by atoms with Crippen molar-refractivity contribution in [2.75, 3.05) is 7.04 Å². The Kier molecular flexibility index (Phi) is 1.69. The number of aromatic hydroxyl groups is 1. The highest BCUT2D eigenvalue weighted by Gasteiger charge is 2.05. The Morgan fingerprint density at radius 3 is 3.07 bits per heavy atom. The normalized spacial score (nSPS) is 13.7. The number of hydrogen-bond acceptors (Lipinski definition) is 4. The molecule has 0 atom stereocenters. The van der Waals surface area contributed by atoms with E-state index in [-0.39, 0.29) is 11.6 Å². The van der Waals surface area contributed by atoms with Crippen LogP contribution in [0.2, 0.25) is 0 Å². The van der Waals surface area contributed by atoms with Gasteiger partial charge in [0.15, 0.2) is 0 Å². The van der Waals surface area contributed by atoms with E-state index in [0.29, 0.717) is 11.1 Å². The maximum Gasteiger partial charge on any atom is 0.233 e. The molecule has 76 valence electrons.